The molecular formula is C110H142N24O15. The maximum Gasteiger partial charge on any atom is 0.273 e. The minimum Gasteiger partial charge on any atom is -0.369 e. The zero-order valence-corrected chi connectivity index (χ0v) is 86.9. The molecule has 15 heterocycles. The number of likely N-dealkylation sites (N-methyl/N-ethyl adjacent to an activating group) is 1. The van der Waals surface area contributed by atoms with Crippen LogP contribution in [0.5, 0.6) is 0 Å². The second-order valence-electron chi connectivity index (χ2n) is 43.9. The van der Waals surface area contributed by atoms with E-state index >= 15 is 0 Å². The van der Waals surface area contributed by atoms with Crippen molar-refractivity contribution in [3.8, 4) is 0 Å². The summed E-state index contributed by atoms with van der Waals surface area (Å²) < 4.78 is 31.6. The van der Waals surface area contributed by atoms with Crippen LogP contribution in [0.4, 0.5) is 28.6 Å². The lowest BCUT2D eigenvalue weighted by Crippen LogP contribution is -2.50. The minimum absolute atomic E-state index is 0.00367. The number of amides is 9. The first kappa shape index (κ1) is 104. The number of carbonyl (C=O) groups is 9. The standard InChI is InChI=1S/C20H24N4O3.C19H29N5O3.C19H23N3O2.C18H26N4O3.C18H21N3O2.C16H19N5O2/c1-12-10-24(18-6-4-3-5-15(18)21-13(2)25)11-17(12)22-20(26)16-9-19(27-23-16)14-7-8-14;1-13-10-23(12-18(25)24-7-5-22(2)6-8-24)11-16(13)20-19(26)15-9-17(27-21-15)14-3-4-14;1-12-4-3-5-15(8-12)22-10-13(2)17(11-22)20-19(23)16-9-18(24-21-16)14-6-7-14;1-12-9-21(11-17(23)22-6-2-3-7-22)10-15(12)19-18(24)14-8-16(25-20-14)13-4-5-13;1-12-10-21(14-5-3-2-4-6-14)11-16(12)19-18(22)15-9-17(23-20-15)13-7-8-13;1-10-8-21(15-7-17-4-5-18-15)9-13(10)19-16(22)12-6-14(23-20-12)11-2-3-11/h3-6,9,12,14,17H,7-8,10-11H2,1-2H3,(H,21,25)(H,22,26);9,13-14,16H,3-8,10-12H2,1-2H3,(H,20,26);3-5,8-9,13-14,17H,6-7,10-11H2,1-2H3,(H,20,23);8,12-13,15H,2-7,9-11H2,1H3,(H,19,24);2-6,9,12-13,16H,7-8,10-11H2,1H3,(H,19,22);4-7,10-11,13H,2-3,8-9H2,1H3,(H,19,22)/t12-,17-;13-,16-;13-,17-;12-,15-;12-,16-;10-,13-/m111111/s1. The molecule has 9 amide bonds. The number of para-hydroxylation sites is 3. The number of likely N-dealkylation sites (tertiary alicyclic amines) is 3. The van der Waals surface area contributed by atoms with Crippen molar-refractivity contribution in [2.24, 2.45) is 35.5 Å². The molecule has 0 spiro atoms. The fraction of sp³-hybridized carbons (Fsp3) is 0.555. The zero-order chi connectivity index (χ0) is 104. The zero-order valence-electron chi connectivity index (χ0n) is 86.9. The number of carbonyl (C=O) groups excluding carboxylic acids is 9. The van der Waals surface area contributed by atoms with Crippen LogP contribution in [0.2, 0.25) is 0 Å². The Morgan fingerprint density at radius 1 is 0.336 bits per heavy atom. The highest BCUT2D eigenvalue weighted by molar-refractivity contribution is 5.96. The number of nitrogens with one attached hydrogen (secondary N) is 7. The third kappa shape index (κ3) is 27.5. The maximum atomic E-state index is 12.5. The van der Waals surface area contributed by atoms with E-state index in [1.54, 1.807) is 55.0 Å². The fourth-order valence-electron chi connectivity index (χ4n) is 21.0. The lowest BCUT2D eigenvalue weighted by molar-refractivity contribution is -0.134. The normalized spacial score (nSPS) is 24.6. The Morgan fingerprint density at radius 3 is 1.02 bits per heavy atom. The Morgan fingerprint density at radius 2 is 0.658 bits per heavy atom. The van der Waals surface area contributed by atoms with Crippen LogP contribution in [0.15, 0.2) is 161 Å². The van der Waals surface area contributed by atoms with Gasteiger partial charge < -0.3 is 98.7 Å². The van der Waals surface area contributed by atoms with Crippen molar-refractivity contribution in [1.82, 2.24) is 97.3 Å². The molecule has 24 rings (SSSR count). The first-order valence-electron chi connectivity index (χ1n) is 53.7. The lowest BCUT2D eigenvalue weighted by atomic mass is 10.1. The molecule has 7 aromatic heterocycles. The average molecular weight is 2040 g/mol. The van der Waals surface area contributed by atoms with E-state index in [2.05, 4.69) is 204 Å². The molecule has 6 aliphatic carbocycles. The molecule has 8 aliphatic heterocycles. The van der Waals surface area contributed by atoms with Gasteiger partial charge in [0.2, 0.25) is 17.7 Å². The van der Waals surface area contributed by atoms with Crippen LogP contribution >= 0.6 is 0 Å². The quantitative estimate of drug-likeness (QED) is 0.0251. The van der Waals surface area contributed by atoms with E-state index in [1.807, 2.05) is 52.3 Å². The van der Waals surface area contributed by atoms with Crippen LogP contribution in [0, 0.1) is 42.4 Å². The number of rotatable bonds is 27. The number of aryl methyl sites for hydroxylation is 1. The summed E-state index contributed by atoms with van der Waals surface area (Å²) in [7, 11) is 2.08. The molecule has 7 N–H and O–H groups in total. The fourth-order valence-corrected chi connectivity index (χ4v) is 21.0. The van der Waals surface area contributed by atoms with E-state index in [0.717, 1.165) is 240 Å². The molecule has 0 unspecified atom stereocenters. The van der Waals surface area contributed by atoms with Gasteiger partial charge in [0.05, 0.1) is 54.8 Å². The van der Waals surface area contributed by atoms with E-state index in [4.69, 9.17) is 27.1 Å². The summed E-state index contributed by atoms with van der Waals surface area (Å²) in [4.78, 5) is 139. The van der Waals surface area contributed by atoms with Crippen LogP contribution in [-0.4, -0.2) is 293 Å². The van der Waals surface area contributed by atoms with Gasteiger partial charge in [0.25, 0.3) is 35.4 Å². The Kier molecular flexibility index (Phi) is 32.8. The van der Waals surface area contributed by atoms with Crippen molar-refractivity contribution in [2.45, 2.75) is 217 Å². The number of benzene rings is 3. The molecule has 3 aromatic carbocycles. The van der Waals surface area contributed by atoms with Crippen LogP contribution in [0.25, 0.3) is 0 Å². The Bertz CT molecular complexity index is 6140. The molecular weight excluding hydrogens is 1900 g/mol. The Balaban J connectivity index is 0.000000112. The third-order valence-corrected chi connectivity index (χ3v) is 31.1. The molecule has 39 heteroatoms. The molecule has 39 nitrogen and oxygen atoms in total. The predicted molar refractivity (Wildman–Crippen MR) is 555 cm³/mol. The van der Waals surface area contributed by atoms with E-state index in [9.17, 15) is 43.2 Å². The van der Waals surface area contributed by atoms with E-state index in [-0.39, 0.29) is 95.3 Å². The van der Waals surface area contributed by atoms with Gasteiger partial charge >= 0.3 is 0 Å². The van der Waals surface area contributed by atoms with Crippen LogP contribution in [0.1, 0.15) is 277 Å². The highest BCUT2D eigenvalue weighted by atomic mass is 16.5. The van der Waals surface area contributed by atoms with Crippen molar-refractivity contribution in [3.05, 3.63) is 208 Å². The van der Waals surface area contributed by atoms with Crippen LogP contribution in [-0.2, 0) is 14.4 Å². The summed E-state index contributed by atoms with van der Waals surface area (Å²) in [6.45, 7) is 32.2. The second kappa shape index (κ2) is 47.0. The Hall–Kier alpha value is -13.7. The number of hydrogen-bond donors (Lipinski definition) is 7. The van der Waals surface area contributed by atoms with Gasteiger partial charge in [-0.25, -0.2) is 4.98 Å². The summed E-state index contributed by atoms with van der Waals surface area (Å²) >= 11 is 0. The van der Waals surface area contributed by atoms with Crippen LogP contribution < -0.4 is 56.8 Å². The first-order valence-corrected chi connectivity index (χ1v) is 53.7. The van der Waals surface area contributed by atoms with E-state index in [1.165, 1.54) is 23.9 Å². The molecule has 6 saturated carbocycles. The smallest absolute Gasteiger partial charge is 0.273 e. The lowest BCUT2D eigenvalue weighted by Gasteiger charge is -2.33. The van der Waals surface area contributed by atoms with Crippen molar-refractivity contribution >= 4 is 81.7 Å². The number of piperazine rings is 1. The molecule has 8 saturated heterocycles. The van der Waals surface area contributed by atoms with Gasteiger partial charge in [-0.15, -0.1) is 0 Å². The minimum atomic E-state index is -0.195. The van der Waals surface area contributed by atoms with E-state index in [0.29, 0.717) is 132 Å². The predicted octanol–water partition coefficient (Wildman–Crippen LogP) is 11.9. The van der Waals surface area contributed by atoms with Crippen molar-refractivity contribution in [1.29, 1.82) is 0 Å². The number of hydrogen-bond acceptors (Lipinski definition) is 30. The largest absolute Gasteiger partial charge is 0.369 e. The van der Waals surface area contributed by atoms with Crippen LogP contribution in [0.3, 0.4) is 0 Å². The highest BCUT2D eigenvalue weighted by Gasteiger charge is 2.43. The first-order chi connectivity index (χ1) is 72.1. The van der Waals surface area contributed by atoms with Crippen molar-refractivity contribution in [3.63, 3.8) is 0 Å². The van der Waals surface area contributed by atoms with Gasteiger partial charge in [-0.05, 0) is 181 Å². The van der Waals surface area contributed by atoms with Gasteiger partial charge in [0, 0.05) is 232 Å². The van der Waals surface area contributed by atoms with Gasteiger partial charge in [0.15, 0.2) is 34.2 Å². The average Bonchev–Trinajstić information content (AvgIpc) is 1.67. The van der Waals surface area contributed by atoms with Crippen molar-refractivity contribution < 1.29 is 70.3 Å². The monoisotopic (exact) mass is 2040 g/mol. The summed E-state index contributed by atoms with van der Waals surface area (Å²) in [6, 6.07) is 37.6. The van der Waals surface area contributed by atoms with E-state index < -0.39 is 0 Å². The summed E-state index contributed by atoms with van der Waals surface area (Å²) in [6.07, 6.45) is 20.8. The molecule has 12 atom stereocenters. The molecule has 10 aromatic rings. The third-order valence-electron chi connectivity index (χ3n) is 31.1. The number of aromatic nitrogens is 8. The summed E-state index contributed by atoms with van der Waals surface area (Å²) in [5.74, 6) is 9.86. The molecule has 14 fully saturated rings. The van der Waals surface area contributed by atoms with Crippen molar-refractivity contribution in [2.75, 3.05) is 163 Å². The van der Waals surface area contributed by atoms with Gasteiger partial charge in [-0.3, -0.25) is 57.9 Å². The molecule has 0 radical (unpaired) electrons. The topological polar surface area (TPSA) is 449 Å². The van der Waals surface area contributed by atoms with Gasteiger partial charge in [-0.2, -0.15) is 0 Å². The molecule has 149 heavy (non-hydrogen) atoms. The van der Waals surface area contributed by atoms with Gasteiger partial charge in [0.1, 0.15) is 40.4 Å². The number of nitrogens with zero attached hydrogens (tertiary/aromatic N) is 17. The second-order valence-corrected chi connectivity index (χ2v) is 43.9. The molecule has 0 bridgehead atoms. The van der Waals surface area contributed by atoms with Gasteiger partial charge in [-0.1, -0.05) is 115 Å². The number of anilines is 5. The summed E-state index contributed by atoms with van der Waals surface area (Å²) in [5, 5.41) is 44.9. The SMILES string of the molecule is CC(=O)Nc1ccccc1N1C[C@@H](C)[C@H](NC(=O)c2cc(C3CC3)on2)C1.C[C@@H]1CN(CC(=O)N2CCCC2)C[C@H]1NC(=O)c1cc(C2CC2)on1.C[C@@H]1CN(CC(=O)N2CCN(C)CC2)C[C@H]1NC(=O)c1cc(C2CC2)on1.C[C@@H]1CN(c2ccccc2)C[C@H]1NC(=O)c1cc(C2CC2)on1.C[C@@H]1CN(c2cnccn2)C[C@H]1NC(=O)c1cc(C2CC2)on1.Cc1cccc(N2C[C@@H](C)[C@H](NC(=O)c3cc(C4CC4)on3)C2)c1. The highest BCUT2D eigenvalue weighted by Crippen LogP contribution is 2.46. The summed E-state index contributed by atoms with van der Waals surface area (Å²) in [5.41, 5.74) is 7.67. The Labute approximate surface area is 868 Å². The molecule has 792 valence electrons. The maximum absolute atomic E-state index is 12.5. The molecule has 14 aliphatic rings.